The molecular weight excluding hydrogens is 200 g/mol. The normalized spacial score (nSPS) is 31.4. The van der Waals surface area contributed by atoms with Gasteiger partial charge in [-0.15, -0.1) is 0 Å². The van der Waals surface area contributed by atoms with Crippen LogP contribution in [0.3, 0.4) is 0 Å². The molecule has 1 rings (SSSR count). The van der Waals surface area contributed by atoms with Gasteiger partial charge in [-0.2, -0.15) is 5.26 Å². The molecule has 1 aliphatic rings. The highest BCUT2D eigenvalue weighted by Gasteiger charge is 2.37. The van der Waals surface area contributed by atoms with Gasteiger partial charge >= 0.3 is 0 Å². The lowest BCUT2D eigenvalue weighted by Crippen LogP contribution is -2.53. The summed E-state index contributed by atoms with van der Waals surface area (Å²) in [6.45, 7) is 6.44. The van der Waals surface area contributed by atoms with Crippen LogP contribution >= 0.6 is 0 Å². The van der Waals surface area contributed by atoms with Gasteiger partial charge in [0.25, 0.3) is 0 Å². The summed E-state index contributed by atoms with van der Waals surface area (Å²) in [6, 6.07) is 2.72. The molecular formula is C13H24N2O. The summed E-state index contributed by atoms with van der Waals surface area (Å²) in [7, 11) is 2.03. The summed E-state index contributed by atoms with van der Waals surface area (Å²) in [5.74, 6) is 0.804. The lowest BCUT2D eigenvalue weighted by Gasteiger charge is -2.45. The van der Waals surface area contributed by atoms with Crippen LogP contribution in [0.4, 0.5) is 0 Å². The number of likely N-dealkylation sites (N-methyl/N-ethyl adjacent to an activating group) is 1. The minimum absolute atomic E-state index is 0.118. The molecule has 0 aromatic carbocycles. The third-order valence-corrected chi connectivity index (χ3v) is 4.08. The van der Waals surface area contributed by atoms with E-state index < -0.39 is 0 Å². The average molecular weight is 224 g/mol. The fourth-order valence-corrected chi connectivity index (χ4v) is 2.49. The van der Waals surface area contributed by atoms with Gasteiger partial charge in [-0.25, -0.2) is 0 Å². The van der Waals surface area contributed by atoms with Crippen LogP contribution in [-0.4, -0.2) is 35.2 Å². The largest absolute Gasteiger partial charge is 0.394 e. The first kappa shape index (κ1) is 13.5. The van der Waals surface area contributed by atoms with Crippen molar-refractivity contribution in [2.45, 2.75) is 51.6 Å². The molecule has 0 saturated heterocycles. The molecule has 0 aromatic rings. The summed E-state index contributed by atoms with van der Waals surface area (Å²) in [4.78, 5) is 2.19. The van der Waals surface area contributed by atoms with E-state index in [1.54, 1.807) is 0 Å². The Hall–Kier alpha value is -0.590. The van der Waals surface area contributed by atoms with Crippen molar-refractivity contribution < 1.29 is 5.11 Å². The van der Waals surface area contributed by atoms with Crippen LogP contribution in [0.2, 0.25) is 0 Å². The minimum atomic E-state index is -0.239. The molecule has 0 amide bonds. The zero-order valence-electron chi connectivity index (χ0n) is 10.9. The number of nitriles is 1. The van der Waals surface area contributed by atoms with Crippen LogP contribution in [0.5, 0.6) is 0 Å². The van der Waals surface area contributed by atoms with E-state index >= 15 is 0 Å². The van der Waals surface area contributed by atoms with Gasteiger partial charge in [-0.1, -0.05) is 6.92 Å². The molecule has 0 spiro atoms. The third-order valence-electron chi connectivity index (χ3n) is 4.08. The second-order valence-electron chi connectivity index (χ2n) is 5.80. The molecule has 0 aromatic heterocycles. The fourth-order valence-electron chi connectivity index (χ4n) is 2.49. The van der Waals surface area contributed by atoms with E-state index in [1.807, 2.05) is 20.9 Å². The van der Waals surface area contributed by atoms with Crippen LogP contribution in [0, 0.1) is 23.2 Å². The lowest BCUT2D eigenvalue weighted by molar-refractivity contribution is 0.0102. The van der Waals surface area contributed by atoms with Crippen molar-refractivity contribution in [2.75, 3.05) is 13.7 Å². The zero-order chi connectivity index (χ0) is 12.3. The van der Waals surface area contributed by atoms with Crippen molar-refractivity contribution >= 4 is 0 Å². The maximum atomic E-state index is 9.40. The van der Waals surface area contributed by atoms with Crippen molar-refractivity contribution in [3.8, 4) is 6.07 Å². The van der Waals surface area contributed by atoms with Gasteiger partial charge in [-0.3, -0.25) is 4.90 Å². The van der Waals surface area contributed by atoms with Crippen LogP contribution < -0.4 is 0 Å². The van der Waals surface area contributed by atoms with Gasteiger partial charge in [0, 0.05) is 11.6 Å². The maximum absolute atomic E-state index is 9.40. The molecule has 0 bridgehead atoms. The highest BCUT2D eigenvalue weighted by molar-refractivity contribution is 4.99. The smallest absolute Gasteiger partial charge is 0.0672 e. The van der Waals surface area contributed by atoms with Crippen molar-refractivity contribution in [2.24, 2.45) is 11.8 Å². The maximum Gasteiger partial charge on any atom is 0.0672 e. The Morgan fingerprint density at radius 1 is 1.44 bits per heavy atom. The first-order valence-corrected chi connectivity index (χ1v) is 6.15. The van der Waals surface area contributed by atoms with Crippen LogP contribution in [0.15, 0.2) is 0 Å². The predicted molar refractivity (Wildman–Crippen MR) is 64.8 cm³/mol. The second-order valence-corrected chi connectivity index (χ2v) is 5.80. The molecule has 1 N–H and O–H groups in total. The molecule has 16 heavy (non-hydrogen) atoms. The molecule has 1 saturated carbocycles. The Morgan fingerprint density at radius 2 is 2.06 bits per heavy atom. The van der Waals surface area contributed by atoms with Gasteiger partial charge < -0.3 is 5.11 Å². The SMILES string of the molecule is CC1CCC(C#N)C(N(C)C(C)(C)CO)C1. The Morgan fingerprint density at radius 3 is 2.56 bits per heavy atom. The van der Waals surface area contributed by atoms with Gasteiger partial charge in [0.05, 0.1) is 18.6 Å². The van der Waals surface area contributed by atoms with E-state index in [2.05, 4.69) is 17.9 Å². The number of aliphatic hydroxyl groups is 1. The predicted octanol–water partition coefficient (Wildman–Crippen LogP) is 2.02. The third kappa shape index (κ3) is 2.75. The average Bonchev–Trinajstić information content (AvgIpc) is 2.28. The topological polar surface area (TPSA) is 47.3 Å². The van der Waals surface area contributed by atoms with Crippen molar-refractivity contribution in [3.63, 3.8) is 0 Å². The van der Waals surface area contributed by atoms with Gasteiger partial charge in [0.2, 0.25) is 0 Å². The summed E-state index contributed by atoms with van der Waals surface area (Å²) in [5, 5.41) is 18.6. The van der Waals surface area contributed by atoms with E-state index in [4.69, 9.17) is 0 Å². The summed E-state index contributed by atoms with van der Waals surface area (Å²) < 4.78 is 0. The first-order chi connectivity index (χ1) is 7.42. The van der Waals surface area contributed by atoms with E-state index in [-0.39, 0.29) is 24.1 Å². The Balaban J connectivity index is 2.79. The lowest BCUT2D eigenvalue weighted by atomic mass is 9.78. The van der Waals surface area contributed by atoms with E-state index in [1.165, 1.54) is 0 Å². The fraction of sp³-hybridized carbons (Fsp3) is 0.923. The summed E-state index contributed by atoms with van der Waals surface area (Å²) in [5.41, 5.74) is -0.239. The van der Waals surface area contributed by atoms with Crippen LogP contribution in [0.25, 0.3) is 0 Å². The van der Waals surface area contributed by atoms with Crippen molar-refractivity contribution in [1.29, 1.82) is 5.26 Å². The number of aliphatic hydroxyl groups excluding tert-OH is 1. The molecule has 3 nitrogen and oxygen atoms in total. The summed E-state index contributed by atoms with van der Waals surface area (Å²) in [6.07, 6.45) is 3.22. The molecule has 3 atom stereocenters. The van der Waals surface area contributed by atoms with E-state index in [9.17, 15) is 10.4 Å². The Bertz CT molecular complexity index is 270. The Kier molecular flexibility index (Phi) is 4.35. The highest BCUT2D eigenvalue weighted by Crippen LogP contribution is 2.34. The molecule has 0 heterocycles. The van der Waals surface area contributed by atoms with Gasteiger partial charge in [-0.05, 0) is 46.1 Å². The standard InChI is InChI=1S/C13H24N2O/c1-10-5-6-11(8-14)12(7-10)15(4)13(2,3)9-16/h10-12,16H,5-7,9H2,1-4H3. The number of hydrogen-bond donors (Lipinski definition) is 1. The quantitative estimate of drug-likeness (QED) is 0.797. The Labute approximate surface area is 99.1 Å². The number of hydrogen-bond acceptors (Lipinski definition) is 3. The second kappa shape index (κ2) is 5.16. The first-order valence-electron chi connectivity index (χ1n) is 6.15. The molecule has 3 unspecified atom stereocenters. The highest BCUT2D eigenvalue weighted by atomic mass is 16.3. The molecule has 0 radical (unpaired) electrons. The summed E-state index contributed by atoms with van der Waals surface area (Å²) >= 11 is 0. The number of rotatable bonds is 3. The monoisotopic (exact) mass is 224 g/mol. The molecule has 0 aliphatic heterocycles. The van der Waals surface area contributed by atoms with Crippen LogP contribution in [0.1, 0.15) is 40.0 Å². The molecule has 3 heteroatoms. The van der Waals surface area contributed by atoms with Crippen molar-refractivity contribution in [3.05, 3.63) is 0 Å². The molecule has 1 fully saturated rings. The van der Waals surface area contributed by atoms with E-state index in [0.717, 1.165) is 19.3 Å². The number of nitrogens with zero attached hydrogens (tertiary/aromatic N) is 2. The molecule has 1 aliphatic carbocycles. The minimum Gasteiger partial charge on any atom is -0.394 e. The van der Waals surface area contributed by atoms with Crippen LogP contribution in [-0.2, 0) is 0 Å². The zero-order valence-corrected chi connectivity index (χ0v) is 10.9. The van der Waals surface area contributed by atoms with Gasteiger partial charge in [0.1, 0.15) is 0 Å². The van der Waals surface area contributed by atoms with Gasteiger partial charge in [0.15, 0.2) is 0 Å². The van der Waals surface area contributed by atoms with Crippen molar-refractivity contribution in [1.82, 2.24) is 4.90 Å². The molecule has 92 valence electrons. The van der Waals surface area contributed by atoms with E-state index in [0.29, 0.717) is 5.92 Å².